The number of carbonyl (C=O) groups is 2. The number of carbonyl (C=O) groups excluding carboxylic acids is 2. The lowest BCUT2D eigenvalue weighted by molar-refractivity contribution is 0.0600. The number of rotatable bonds is 6. The van der Waals surface area contributed by atoms with E-state index in [0.717, 1.165) is 0 Å². The van der Waals surface area contributed by atoms with Crippen molar-refractivity contribution in [3.8, 4) is 16.9 Å². The minimum Gasteiger partial charge on any atom is -0.496 e. The van der Waals surface area contributed by atoms with Gasteiger partial charge < -0.3 is 29.4 Å². The van der Waals surface area contributed by atoms with Gasteiger partial charge in [-0.25, -0.2) is 4.79 Å². The first-order chi connectivity index (χ1) is 17.0. The van der Waals surface area contributed by atoms with E-state index in [1.807, 2.05) is 6.07 Å². The van der Waals surface area contributed by atoms with Crippen LogP contribution in [0, 0.1) is 0 Å². The number of nitrogens with zero attached hydrogens (tertiary/aromatic N) is 1. The molecule has 0 fully saturated rings. The maximum Gasteiger partial charge on any atom is 0.337 e. The third-order valence-corrected chi connectivity index (χ3v) is 5.97. The smallest absolute Gasteiger partial charge is 0.337 e. The van der Waals surface area contributed by atoms with Gasteiger partial charge in [0.15, 0.2) is 0 Å². The zero-order valence-electron chi connectivity index (χ0n) is 20.6. The largest absolute Gasteiger partial charge is 0.496 e. The average Bonchev–Trinajstić information content (AvgIpc) is 3.31. The summed E-state index contributed by atoms with van der Waals surface area (Å²) in [6.45, 7) is 3.37. The highest BCUT2D eigenvalue weighted by Gasteiger charge is 2.22. The number of nitrogens with one attached hydrogen (secondary N) is 2. The standard InChI is InChI=1S/C27H27N3O6/c1-27(2,34)16-8-11-22(35-4)18(12-16)20-14-30(3)25(32)23-19(20)13-21(29-23)24(31)28-17-9-6-15(7-10-17)26(33)36-5/h6-14,29,34H,1-5H3,(H,28,31). The third-order valence-electron chi connectivity index (χ3n) is 5.97. The Morgan fingerprint density at radius 3 is 2.33 bits per heavy atom. The van der Waals surface area contributed by atoms with E-state index in [2.05, 4.69) is 15.0 Å². The molecule has 2 aromatic heterocycles. The van der Waals surface area contributed by atoms with Crippen LogP contribution in [0.5, 0.6) is 5.75 Å². The third kappa shape index (κ3) is 4.60. The van der Waals surface area contributed by atoms with Gasteiger partial charge in [0.1, 0.15) is 17.0 Å². The second-order valence-corrected chi connectivity index (χ2v) is 8.93. The lowest BCUT2D eigenvalue weighted by atomic mass is 9.93. The molecule has 1 amide bonds. The van der Waals surface area contributed by atoms with E-state index in [4.69, 9.17) is 4.74 Å². The first kappa shape index (κ1) is 24.7. The lowest BCUT2D eigenvalue weighted by Crippen LogP contribution is -2.18. The van der Waals surface area contributed by atoms with Gasteiger partial charge in [0.2, 0.25) is 0 Å². The topological polar surface area (TPSA) is 123 Å². The number of benzene rings is 2. The Labute approximate surface area is 207 Å². The summed E-state index contributed by atoms with van der Waals surface area (Å²) in [5, 5.41) is 13.8. The molecular formula is C27H27N3O6. The van der Waals surface area contributed by atoms with Gasteiger partial charge in [0, 0.05) is 35.4 Å². The Balaban J connectivity index is 1.78. The van der Waals surface area contributed by atoms with Crippen molar-refractivity contribution in [1.29, 1.82) is 0 Å². The molecule has 9 nitrogen and oxygen atoms in total. The van der Waals surface area contributed by atoms with Crippen molar-refractivity contribution in [2.45, 2.75) is 19.4 Å². The predicted octanol–water partition coefficient (Wildman–Crippen LogP) is 3.81. The first-order valence-corrected chi connectivity index (χ1v) is 11.2. The van der Waals surface area contributed by atoms with Gasteiger partial charge >= 0.3 is 5.97 Å². The number of anilines is 1. The molecule has 0 aliphatic heterocycles. The van der Waals surface area contributed by atoms with Crippen molar-refractivity contribution < 1.29 is 24.2 Å². The van der Waals surface area contributed by atoms with Gasteiger partial charge in [0.25, 0.3) is 11.5 Å². The summed E-state index contributed by atoms with van der Waals surface area (Å²) < 4.78 is 11.7. The highest BCUT2D eigenvalue weighted by molar-refractivity contribution is 6.08. The van der Waals surface area contributed by atoms with Crippen molar-refractivity contribution >= 4 is 28.5 Å². The lowest BCUT2D eigenvalue weighted by Gasteiger charge is -2.20. The average molecular weight is 490 g/mol. The highest BCUT2D eigenvalue weighted by Crippen LogP contribution is 2.37. The molecule has 2 heterocycles. The summed E-state index contributed by atoms with van der Waals surface area (Å²) in [6.07, 6.45) is 1.68. The Bertz CT molecular complexity index is 1520. The Morgan fingerprint density at radius 2 is 1.72 bits per heavy atom. The summed E-state index contributed by atoms with van der Waals surface area (Å²) in [5.41, 5.74) is 1.89. The number of hydrogen-bond donors (Lipinski definition) is 3. The molecule has 0 atom stereocenters. The number of fused-ring (bicyclic) bond motifs is 1. The van der Waals surface area contributed by atoms with Gasteiger partial charge in [-0.15, -0.1) is 0 Å². The Hall–Kier alpha value is -4.37. The maximum absolute atomic E-state index is 13.0. The van der Waals surface area contributed by atoms with Crippen molar-refractivity contribution in [1.82, 2.24) is 9.55 Å². The van der Waals surface area contributed by atoms with Gasteiger partial charge in [-0.3, -0.25) is 9.59 Å². The quantitative estimate of drug-likeness (QED) is 0.354. The molecule has 0 saturated heterocycles. The number of hydrogen-bond acceptors (Lipinski definition) is 6. The molecule has 36 heavy (non-hydrogen) atoms. The summed E-state index contributed by atoms with van der Waals surface area (Å²) in [4.78, 5) is 40.5. The van der Waals surface area contributed by atoms with Crippen LogP contribution in [0.2, 0.25) is 0 Å². The highest BCUT2D eigenvalue weighted by atomic mass is 16.5. The zero-order valence-corrected chi connectivity index (χ0v) is 20.6. The number of aromatic nitrogens is 2. The molecule has 4 rings (SSSR count). The van der Waals surface area contributed by atoms with Crippen molar-refractivity contribution in [2.75, 3.05) is 19.5 Å². The molecule has 0 aliphatic carbocycles. The van der Waals surface area contributed by atoms with Crippen molar-refractivity contribution in [2.24, 2.45) is 7.05 Å². The minimum atomic E-state index is -1.09. The molecule has 0 unspecified atom stereocenters. The number of aryl methyl sites for hydroxylation is 1. The van der Waals surface area contributed by atoms with Crippen LogP contribution < -0.4 is 15.6 Å². The zero-order chi connectivity index (χ0) is 26.2. The van der Waals surface area contributed by atoms with Crippen LogP contribution in [0.25, 0.3) is 22.0 Å². The molecule has 0 radical (unpaired) electrons. The molecule has 0 saturated carbocycles. The second-order valence-electron chi connectivity index (χ2n) is 8.93. The SMILES string of the molecule is COC(=O)c1ccc(NC(=O)c2cc3c(-c4cc(C(C)(C)O)ccc4OC)cn(C)c(=O)c3[nH]2)cc1. The van der Waals surface area contributed by atoms with Crippen LogP contribution >= 0.6 is 0 Å². The van der Waals surface area contributed by atoms with E-state index >= 15 is 0 Å². The van der Waals surface area contributed by atoms with Gasteiger partial charge in [-0.1, -0.05) is 6.07 Å². The summed E-state index contributed by atoms with van der Waals surface area (Å²) in [7, 11) is 4.47. The number of aromatic amines is 1. The van der Waals surface area contributed by atoms with Crippen LogP contribution in [-0.4, -0.2) is 40.8 Å². The van der Waals surface area contributed by atoms with E-state index in [1.54, 1.807) is 76.7 Å². The van der Waals surface area contributed by atoms with Crippen LogP contribution in [0.4, 0.5) is 5.69 Å². The predicted molar refractivity (Wildman–Crippen MR) is 137 cm³/mol. The van der Waals surface area contributed by atoms with Gasteiger partial charge in [-0.05, 0) is 61.9 Å². The molecule has 0 bridgehead atoms. The normalized spacial score (nSPS) is 11.4. The molecule has 0 aliphatic rings. The van der Waals surface area contributed by atoms with Crippen LogP contribution in [0.1, 0.15) is 40.3 Å². The minimum absolute atomic E-state index is 0.184. The maximum atomic E-state index is 13.0. The Kier molecular flexibility index (Phi) is 6.43. The second kappa shape index (κ2) is 9.35. The molecule has 3 N–H and O–H groups in total. The van der Waals surface area contributed by atoms with E-state index in [-0.39, 0.29) is 16.8 Å². The number of esters is 1. The fourth-order valence-corrected chi connectivity index (χ4v) is 3.98. The van der Waals surface area contributed by atoms with Gasteiger partial charge in [0.05, 0.1) is 25.4 Å². The van der Waals surface area contributed by atoms with Gasteiger partial charge in [-0.2, -0.15) is 0 Å². The van der Waals surface area contributed by atoms with Crippen molar-refractivity contribution in [3.63, 3.8) is 0 Å². The number of aliphatic hydroxyl groups is 1. The van der Waals surface area contributed by atoms with E-state index < -0.39 is 17.5 Å². The van der Waals surface area contributed by atoms with E-state index in [1.165, 1.54) is 11.7 Å². The first-order valence-electron chi connectivity index (χ1n) is 11.2. The van der Waals surface area contributed by atoms with E-state index in [9.17, 15) is 19.5 Å². The van der Waals surface area contributed by atoms with Crippen LogP contribution in [0.3, 0.4) is 0 Å². The molecular weight excluding hydrogens is 462 g/mol. The molecule has 186 valence electrons. The molecule has 9 heteroatoms. The fraction of sp³-hybridized carbons (Fsp3) is 0.222. The summed E-state index contributed by atoms with van der Waals surface area (Å²) in [6, 6.07) is 13.2. The van der Waals surface area contributed by atoms with E-state index in [0.29, 0.717) is 39.1 Å². The molecule has 4 aromatic rings. The number of pyridine rings is 1. The van der Waals surface area contributed by atoms with Crippen LogP contribution in [0.15, 0.2) is 59.5 Å². The number of ether oxygens (including phenoxy) is 2. The van der Waals surface area contributed by atoms with Crippen molar-refractivity contribution in [3.05, 3.63) is 81.9 Å². The summed E-state index contributed by atoms with van der Waals surface area (Å²) >= 11 is 0. The fourth-order valence-electron chi connectivity index (χ4n) is 3.98. The monoisotopic (exact) mass is 489 g/mol. The Morgan fingerprint density at radius 1 is 1.03 bits per heavy atom. The number of methoxy groups -OCH3 is 2. The number of H-pyrrole nitrogens is 1. The summed E-state index contributed by atoms with van der Waals surface area (Å²) in [5.74, 6) is -0.376. The molecule has 0 spiro atoms. The van der Waals surface area contributed by atoms with Crippen LogP contribution in [-0.2, 0) is 17.4 Å². The molecule has 2 aromatic carbocycles. The number of amides is 1.